The molecule has 1 amide bonds. The van der Waals surface area contributed by atoms with E-state index in [1.54, 1.807) is 32.5 Å². The molecule has 0 radical (unpaired) electrons. The van der Waals surface area contributed by atoms with Crippen LogP contribution in [-0.2, 0) is 11.3 Å². The normalized spacial score (nSPS) is 14.2. The topological polar surface area (TPSA) is 90.7 Å². The molecule has 1 aliphatic heterocycles. The molecule has 0 spiro atoms. The summed E-state index contributed by atoms with van der Waals surface area (Å²) in [6, 6.07) is 11.2. The number of carbonyl (C=O) groups is 1. The smallest absolute Gasteiger partial charge is 0.234 e. The minimum atomic E-state index is -0.0159. The molecule has 2 heterocycles. The summed E-state index contributed by atoms with van der Waals surface area (Å²) in [7, 11) is 3.18. The number of amides is 1. The van der Waals surface area contributed by atoms with Crippen LogP contribution >= 0.6 is 0 Å². The van der Waals surface area contributed by atoms with E-state index in [0.29, 0.717) is 30.2 Å². The van der Waals surface area contributed by atoms with Gasteiger partial charge in [0.2, 0.25) is 5.91 Å². The summed E-state index contributed by atoms with van der Waals surface area (Å²) in [5.74, 6) is 2.10. The van der Waals surface area contributed by atoms with E-state index in [9.17, 15) is 4.79 Å². The van der Waals surface area contributed by atoms with Crippen molar-refractivity contribution in [1.29, 1.82) is 5.26 Å². The molecular formula is C21H25N5O3. The minimum Gasteiger partial charge on any atom is -0.493 e. The number of nitriles is 1. The zero-order valence-corrected chi connectivity index (χ0v) is 16.7. The number of hydrogen-bond acceptors (Lipinski definition) is 7. The molecular weight excluding hydrogens is 370 g/mol. The van der Waals surface area contributed by atoms with Crippen LogP contribution in [0.15, 0.2) is 36.5 Å². The first-order chi connectivity index (χ1) is 14.1. The van der Waals surface area contributed by atoms with Gasteiger partial charge in [0, 0.05) is 38.9 Å². The maximum atomic E-state index is 12.3. The van der Waals surface area contributed by atoms with Crippen LogP contribution in [0.4, 0.5) is 5.82 Å². The lowest BCUT2D eigenvalue weighted by Gasteiger charge is -2.35. The Kier molecular flexibility index (Phi) is 6.87. The number of nitrogens with one attached hydrogen (secondary N) is 1. The third-order valence-electron chi connectivity index (χ3n) is 4.88. The van der Waals surface area contributed by atoms with Gasteiger partial charge in [0.15, 0.2) is 11.5 Å². The quantitative estimate of drug-likeness (QED) is 0.758. The predicted molar refractivity (Wildman–Crippen MR) is 109 cm³/mol. The molecule has 1 aromatic heterocycles. The number of rotatable bonds is 7. The Labute approximate surface area is 170 Å². The van der Waals surface area contributed by atoms with Crippen LogP contribution in [-0.4, -0.2) is 62.7 Å². The van der Waals surface area contributed by atoms with Crippen LogP contribution in [0.1, 0.15) is 11.1 Å². The van der Waals surface area contributed by atoms with E-state index < -0.39 is 0 Å². The fourth-order valence-electron chi connectivity index (χ4n) is 3.25. The molecule has 0 atom stereocenters. The number of hydrogen-bond donors (Lipinski definition) is 1. The summed E-state index contributed by atoms with van der Waals surface area (Å²) in [5.41, 5.74) is 1.55. The fourth-order valence-corrected chi connectivity index (χ4v) is 3.25. The van der Waals surface area contributed by atoms with Crippen LogP contribution in [0.2, 0.25) is 0 Å². The minimum absolute atomic E-state index is 0.0159. The molecule has 8 heteroatoms. The molecule has 0 unspecified atom stereocenters. The predicted octanol–water partition coefficient (Wildman–Crippen LogP) is 1.41. The van der Waals surface area contributed by atoms with Crippen molar-refractivity contribution in [1.82, 2.24) is 15.2 Å². The summed E-state index contributed by atoms with van der Waals surface area (Å²) < 4.78 is 10.5. The van der Waals surface area contributed by atoms with Gasteiger partial charge in [-0.25, -0.2) is 4.98 Å². The first-order valence-corrected chi connectivity index (χ1v) is 9.44. The molecule has 0 aliphatic carbocycles. The van der Waals surface area contributed by atoms with Crippen molar-refractivity contribution in [3.8, 4) is 17.6 Å². The molecule has 152 valence electrons. The van der Waals surface area contributed by atoms with Gasteiger partial charge >= 0.3 is 0 Å². The summed E-state index contributed by atoms with van der Waals surface area (Å²) in [5, 5.41) is 12.0. The number of methoxy groups -OCH3 is 2. The number of anilines is 1. The summed E-state index contributed by atoms with van der Waals surface area (Å²) in [4.78, 5) is 20.9. The second-order valence-corrected chi connectivity index (χ2v) is 6.74. The highest BCUT2D eigenvalue weighted by Gasteiger charge is 2.20. The molecule has 2 aromatic rings. The third kappa shape index (κ3) is 5.36. The highest BCUT2D eigenvalue weighted by Crippen LogP contribution is 2.27. The second-order valence-electron chi connectivity index (χ2n) is 6.74. The van der Waals surface area contributed by atoms with E-state index in [-0.39, 0.29) is 5.91 Å². The highest BCUT2D eigenvalue weighted by molar-refractivity contribution is 5.78. The van der Waals surface area contributed by atoms with Crippen LogP contribution in [0.3, 0.4) is 0 Å². The van der Waals surface area contributed by atoms with Crippen molar-refractivity contribution in [2.45, 2.75) is 6.54 Å². The molecule has 8 nitrogen and oxygen atoms in total. The van der Waals surface area contributed by atoms with Crippen molar-refractivity contribution in [2.75, 3.05) is 51.8 Å². The SMILES string of the molecule is COc1ccc(CNC(=O)CN2CCN(c3cc(C#N)ccn3)CC2)cc1OC. The van der Waals surface area contributed by atoms with Gasteiger partial charge in [0.25, 0.3) is 0 Å². The van der Waals surface area contributed by atoms with E-state index in [4.69, 9.17) is 14.7 Å². The number of ether oxygens (including phenoxy) is 2. The van der Waals surface area contributed by atoms with Crippen LogP contribution in [0, 0.1) is 11.3 Å². The monoisotopic (exact) mass is 395 g/mol. The Balaban J connectivity index is 1.46. The maximum Gasteiger partial charge on any atom is 0.234 e. The largest absolute Gasteiger partial charge is 0.493 e. The van der Waals surface area contributed by atoms with E-state index in [2.05, 4.69) is 26.2 Å². The Morgan fingerprint density at radius 3 is 2.59 bits per heavy atom. The zero-order chi connectivity index (χ0) is 20.6. The average Bonchev–Trinajstić information content (AvgIpc) is 2.78. The zero-order valence-electron chi connectivity index (χ0n) is 16.7. The van der Waals surface area contributed by atoms with Crippen LogP contribution < -0.4 is 19.7 Å². The Morgan fingerprint density at radius 2 is 1.90 bits per heavy atom. The maximum absolute atomic E-state index is 12.3. The van der Waals surface area contributed by atoms with Gasteiger partial charge in [0.05, 0.1) is 32.4 Å². The molecule has 0 bridgehead atoms. The van der Waals surface area contributed by atoms with Gasteiger partial charge in [-0.3, -0.25) is 9.69 Å². The van der Waals surface area contributed by atoms with Crippen molar-refractivity contribution >= 4 is 11.7 Å². The number of aromatic nitrogens is 1. The van der Waals surface area contributed by atoms with E-state index in [1.807, 2.05) is 18.2 Å². The van der Waals surface area contributed by atoms with Gasteiger partial charge in [0.1, 0.15) is 5.82 Å². The van der Waals surface area contributed by atoms with E-state index >= 15 is 0 Å². The molecule has 1 saturated heterocycles. The summed E-state index contributed by atoms with van der Waals surface area (Å²) >= 11 is 0. The highest BCUT2D eigenvalue weighted by atomic mass is 16.5. The molecule has 1 aromatic carbocycles. The molecule has 3 rings (SSSR count). The molecule has 1 aliphatic rings. The lowest BCUT2D eigenvalue weighted by atomic mass is 10.2. The Bertz CT molecular complexity index is 888. The van der Waals surface area contributed by atoms with Crippen LogP contribution in [0.25, 0.3) is 0 Å². The van der Waals surface area contributed by atoms with Crippen molar-refractivity contribution in [3.63, 3.8) is 0 Å². The van der Waals surface area contributed by atoms with Crippen LogP contribution in [0.5, 0.6) is 11.5 Å². The molecule has 29 heavy (non-hydrogen) atoms. The van der Waals surface area contributed by atoms with Gasteiger partial charge in [-0.1, -0.05) is 6.07 Å². The summed E-state index contributed by atoms with van der Waals surface area (Å²) in [6.45, 7) is 3.86. The first kappa shape index (κ1) is 20.4. The summed E-state index contributed by atoms with van der Waals surface area (Å²) in [6.07, 6.45) is 1.65. The number of benzene rings is 1. The van der Waals surface area contributed by atoms with Crippen molar-refractivity contribution < 1.29 is 14.3 Å². The first-order valence-electron chi connectivity index (χ1n) is 9.44. The average molecular weight is 395 g/mol. The van der Waals surface area contributed by atoms with E-state index in [0.717, 1.165) is 37.6 Å². The van der Waals surface area contributed by atoms with Crippen molar-refractivity contribution in [2.24, 2.45) is 0 Å². The molecule has 1 fully saturated rings. The molecule has 0 saturated carbocycles. The third-order valence-corrected chi connectivity index (χ3v) is 4.88. The van der Waals surface area contributed by atoms with Gasteiger partial charge in [-0.05, 0) is 29.8 Å². The molecule has 1 N–H and O–H groups in total. The number of piperazine rings is 1. The standard InChI is InChI=1S/C21H25N5O3/c1-28-18-4-3-17(11-19(18)29-2)14-24-21(27)15-25-7-9-26(10-8-25)20-12-16(13-22)5-6-23-20/h3-6,11-12H,7-10,14-15H2,1-2H3,(H,24,27). The lowest BCUT2D eigenvalue weighted by molar-refractivity contribution is -0.122. The van der Waals surface area contributed by atoms with Gasteiger partial charge < -0.3 is 19.7 Å². The van der Waals surface area contributed by atoms with Gasteiger partial charge in [-0.15, -0.1) is 0 Å². The lowest BCUT2D eigenvalue weighted by Crippen LogP contribution is -2.49. The number of carbonyl (C=O) groups excluding carboxylic acids is 1. The Morgan fingerprint density at radius 1 is 1.14 bits per heavy atom. The Hall–Kier alpha value is -3.31. The number of pyridine rings is 1. The van der Waals surface area contributed by atoms with Gasteiger partial charge in [-0.2, -0.15) is 5.26 Å². The van der Waals surface area contributed by atoms with Crippen molar-refractivity contribution in [3.05, 3.63) is 47.7 Å². The number of nitrogens with zero attached hydrogens (tertiary/aromatic N) is 4. The fraction of sp³-hybridized carbons (Fsp3) is 0.381. The second kappa shape index (κ2) is 9.75. The van der Waals surface area contributed by atoms with E-state index in [1.165, 1.54) is 0 Å².